The van der Waals surface area contributed by atoms with Crippen LogP contribution in [0.3, 0.4) is 0 Å². The number of likely N-dealkylation sites (tertiary alicyclic amines) is 1. The van der Waals surface area contributed by atoms with Gasteiger partial charge in [0.05, 0.1) is 19.1 Å². The third-order valence-electron chi connectivity index (χ3n) is 8.72. The Balaban J connectivity index is 1.30. The zero-order chi connectivity index (χ0) is 29.2. The van der Waals surface area contributed by atoms with E-state index in [-0.39, 0.29) is 25.2 Å². The zero-order valence-corrected chi connectivity index (χ0v) is 24.2. The molecular formula is C34H38N2O6. The summed E-state index contributed by atoms with van der Waals surface area (Å²) in [5.41, 5.74) is 4.74. The van der Waals surface area contributed by atoms with Gasteiger partial charge in [0, 0.05) is 24.2 Å². The van der Waals surface area contributed by atoms with Gasteiger partial charge in [-0.2, -0.15) is 0 Å². The quantitative estimate of drug-likeness (QED) is 0.300. The molecule has 3 aliphatic rings. The topological polar surface area (TPSA) is 97.3 Å². The van der Waals surface area contributed by atoms with Crippen molar-refractivity contribution in [1.82, 2.24) is 4.90 Å². The van der Waals surface area contributed by atoms with Crippen LogP contribution in [0, 0.1) is 11.8 Å². The van der Waals surface area contributed by atoms with Crippen LogP contribution in [0.15, 0.2) is 60.7 Å². The van der Waals surface area contributed by atoms with Crippen LogP contribution >= 0.6 is 0 Å². The SMILES string of the molecule is CCc1cccc(CC)c1NC(=O)CN1C[C@H](c2ccc3c(c2)OCO3)C(C(=O)O)[C@@H]1c1ccc(OCC2CC2)cc1. The van der Waals surface area contributed by atoms with E-state index in [0.29, 0.717) is 30.6 Å². The van der Waals surface area contributed by atoms with Crippen LogP contribution in [0.4, 0.5) is 5.69 Å². The summed E-state index contributed by atoms with van der Waals surface area (Å²) in [6.45, 7) is 5.48. The number of carboxylic acid groups (broad SMARTS) is 1. The van der Waals surface area contributed by atoms with E-state index >= 15 is 0 Å². The summed E-state index contributed by atoms with van der Waals surface area (Å²) in [6.07, 6.45) is 4.03. The Morgan fingerprint density at radius 3 is 2.31 bits per heavy atom. The Morgan fingerprint density at radius 1 is 0.952 bits per heavy atom. The Kier molecular flexibility index (Phi) is 8.07. The van der Waals surface area contributed by atoms with E-state index < -0.39 is 17.9 Å². The number of fused-ring (bicyclic) bond motifs is 1. The van der Waals surface area contributed by atoms with Crippen LogP contribution < -0.4 is 19.5 Å². The summed E-state index contributed by atoms with van der Waals surface area (Å²) in [4.78, 5) is 28.5. The van der Waals surface area contributed by atoms with Crippen molar-refractivity contribution in [2.24, 2.45) is 11.8 Å². The minimum Gasteiger partial charge on any atom is -0.493 e. The molecule has 1 saturated heterocycles. The van der Waals surface area contributed by atoms with Crippen molar-refractivity contribution in [2.75, 3.05) is 31.8 Å². The molecule has 6 rings (SSSR count). The Labute approximate surface area is 246 Å². The lowest BCUT2D eigenvalue weighted by molar-refractivity contribution is -0.143. The van der Waals surface area contributed by atoms with Gasteiger partial charge in [-0.25, -0.2) is 0 Å². The van der Waals surface area contributed by atoms with Gasteiger partial charge in [-0.15, -0.1) is 0 Å². The van der Waals surface area contributed by atoms with E-state index in [1.165, 1.54) is 12.8 Å². The number of benzene rings is 3. The van der Waals surface area contributed by atoms with E-state index in [1.807, 2.05) is 65.6 Å². The molecule has 0 radical (unpaired) electrons. The monoisotopic (exact) mass is 570 g/mol. The fourth-order valence-electron chi connectivity index (χ4n) is 6.30. The first-order valence-electron chi connectivity index (χ1n) is 14.9. The number of nitrogens with one attached hydrogen (secondary N) is 1. The smallest absolute Gasteiger partial charge is 0.309 e. The predicted molar refractivity (Wildman–Crippen MR) is 159 cm³/mol. The number of hydrogen-bond acceptors (Lipinski definition) is 6. The van der Waals surface area contributed by atoms with Crippen molar-refractivity contribution >= 4 is 17.6 Å². The van der Waals surface area contributed by atoms with Crippen molar-refractivity contribution in [2.45, 2.75) is 51.5 Å². The lowest BCUT2D eigenvalue weighted by Crippen LogP contribution is -2.35. The molecule has 8 nitrogen and oxygen atoms in total. The molecule has 42 heavy (non-hydrogen) atoms. The van der Waals surface area contributed by atoms with E-state index in [4.69, 9.17) is 14.2 Å². The lowest BCUT2D eigenvalue weighted by atomic mass is 9.82. The maximum atomic E-state index is 13.6. The first-order chi connectivity index (χ1) is 20.4. The van der Waals surface area contributed by atoms with Gasteiger partial charge < -0.3 is 24.6 Å². The van der Waals surface area contributed by atoms with Gasteiger partial charge in [-0.3, -0.25) is 14.5 Å². The molecule has 2 fully saturated rings. The minimum absolute atomic E-state index is 0.0661. The summed E-state index contributed by atoms with van der Waals surface area (Å²) >= 11 is 0. The molecule has 1 unspecified atom stereocenters. The summed E-state index contributed by atoms with van der Waals surface area (Å²) in [6, 6.07) is 18.9. The van der Waals surface area contributed by atoms with Gasteiger partial charge in [0.15, 0.2) is 11.5 Å². The summed E-state index contributed by atoms with van der Waals surface area (Å²) in [7, 11) is 0. The molecule has 0 bridgehead atoms. The second-order valence-corrected chi connectivity index (χ2v) is 11.5. The van der Waals surface area contributed by atoms with Gasteiger partial charge in [0.2, 0.25) is 12.7 Å². The first-order valence-corrected chi connectivity index (χ1v) is 14.9. The molecule has 220 valence electrons. The van der Waals surface area contributed by atoms with E-state index in [1.54, 1.807) is 0 Å². The third kappa shape index (κ3) is 5.81. The van der Waals surface area contributed by atoms with Crippen molar-refractivity contribution < 1.29 is 28.9 Å². The number of nitrogens with zero attached hydrogens (tertiary/aromatic N) is 1. The average molecular weight is 571 g/mol. The molecule has 3 aromatic rings. The van der Waals surface area contributed by atoms with Crippen LogP contribution in [-0.2, 0) is 22.4 Å². The molecule has 1 saturated carbocycles. The maximum absolute atomic E-state index is 13.6. The zero-order valence-electron chi connectivity index (χ0n) is 24.2. The molecule has 2 N–H and O–H groups in total. The number of ether oxygens (including phenoxy) is 3. The number of para-hydroxylation sites is 1. The Bertz CT molecular complexity index is 1430. The molecule has 8 heteroatoms. The van der Waals surface area contributed by atoms with Crippen LogP contribution in [0.2, 0.25) is 0 Å². The average Bonchev–Trinajstić information content (AvgIpc) is 3.58. The standard InChI is InChI=1S/C34H38N2O6/c1-3-22-6-5-7-23(4-2)32(22)35-30(37)18-36-17-27(25-12-15-28-29(16-25)42-20-41-28)31(34(38)39)33(36)24-10-13-26(14-11-24)40-19-21-8-9-21/h5-7,10-16,21,27,31,33H,3-4,8-9,17-20H2,1-2H3,(H,35,37)(H,38,39)/t27-,31?,33+/m1/s1. The number of aliphatic carboxylic acids is 1. The molecule has 2 aliphatic heterocycles. The molecule has 1 aliphatic carbocycles. The van der Waals surface area contributed by atoms with Crippen LogP contribution in [0.5, 0.6) is 17.2 Å². The fraction of sp³-hybridized carbons (Fsp3) is 0.412. The first kappa shape index (κ1) is 28.1. The molecule has 2 heterocycles. The molecule has 0 spiro atoms. The van der Waals surface area contributed by atoms with Gasteiger partial charge in [-0.1, -0.05) is 50.2 Å². The summed E-state index contributed by atoms with van der Waals surface area (Å²) < 4.78 is 17.0. The largest absolute Gasteiger partial charge is 0.493 e. The Hall–Kier alpha value is -4.04. The van der Waals surface area contributed by atoms with Crippen LogP contribution in [0.1, 0.15) is 60.9 Å². The van der Waals surface area contributed by atoms with Crippen molar-refractivity contribution in [1.29, 1.82) is 0 Å². The highest BCUT2D eigenvalue weighted by molar-refractivity contribution is 5.94. The number of hydrogen-bond donors (Lipinski definition) is 2. The molecule has 3 atom stereocenters. The van der Waals surface area contributed by atoms with Gasteiger partial charge in [-0.05, 0) is 78.1 Å². The Morgan fingerprint density at radius 2 is 1.64 bits per heavy atom. The van der Waals surface area contributed by atoms with E-state index in [2.05, 4.69) is 19.2 Å². The number of carbonyl (C=O) groups excluding carboxylic acids is 1. The maximum Gasteiger partial charge on any atom is 0.309 e. The van der Waals surface area contributed by atoms with Crippen LogP contribution in [0.25, 0.3) is 0 Å². The number of carboxylic acids is 1. The molecular weight excluding hydrogens is 532 g/mol. The number of rotatable bonds is 11. The summed E-state index contributed by atoms with van der Waals surface area (Å²) in [5.74, 6) is 0.498. The van der Waals surface area contributed by atoms with Gasteiger partial charge in [0.1, 0.15) is 5.75 Å². The number of anilines is 1. The highest BCUT2D eigenvalue weighted by Crippen LogP contribution is 2.48. The highest BCUT2D eigenvalue weighted by atomic mass is 16.7. The summed E-state index contributed by atoms with van der Waals surface area (Å²) in [5, 5.41) is 13.8. The highest BCUT2D eigenvalue weighted by Gasteiger charge is 2.48. The van der Waals surface area contributed by atoms with Crippen molar-refractivity contribution in [3.8, 4) is 17.2 Å². The van der Waals surface area contributed by atoms with Crippen molar-refractivity contribution in [3.05, 3.63) is 82.9 Å². The third-order valence-corrected chi connectivity index (χ3v) is 8.72. The van der Waals surface area contributed by atoms with Gasteiger partial charge >= 0.3 is 5.97 Å². The van der Waals surface area contributed by atoms with Crippen LogP contribution in [-0.4, -0.2) is 48.4 Å². The van der Waals surface area contributed by atoms with E-state index in [9.17, 15) is 14.7 Å². The second-order valence-electron chi connectivity index (χ2n) is 11.5. The second kappa shape index (κ2) is 12.1. The number of carbonyl (C=O) groups is 2. The van der Waals surface area contributed by atoms with Crippen molar-refractivity contribution in [3.63, 3.8) is 0 Å². The normalized spacial score (nSPS) is 21.3. The fourth-order valence-corrected chi connectivity index (χ4v) is 6.30. The minimum atomic E-state index is -0.899. The van der Waals surface area contributed by atoms with E-state index in [0.717, 1.165) is 46.5 Å². The predicted octanol–water partition coefficient (Wildman–Crippen LogP) is 5.81. The number of aryl methyl sites for hydroxylation is 2. The molecule has 1 amide bonds. The molecule has 3 aromatic carbocycles. The van der Waals surface area contributed by atoms with Gasteiger partial charge in [0.25, 0.3) is 0 Å². The lowest BCUT2D eigenvalue weighted by Gasteiger charge is -2.27. The number of amides is 1. The molecule has 0 aromatic heterocycles.